The van der Waals surface area contributed by atoms with Gasteiger partial charge in [-0.2, -0.15) is 0 Å². The van der Waals surface area contributed by atoms with E-state index in [-0.39, 0.29) is 11.5 Å². The minimum Gasteiger partial charge on any atom is -0.477 e. The first-order valence-electron chi connectivity index (χ1n) is 5.09. The number of nitrogens with one attached hydrogen (secondary N) is 1. The molecule has 0 fully saturated rings. The van der Waals surface area contributed by atoms with Gasteiger partial charge in [0.1, 0.15) is 5.60 Å². The second kappa shape index (κ2) is 5.34. The van der Waals surface area contributed by atoms with Crippen LogP contribution in [-0.4, -0.2) is 27.8 Å². The molecule has 1 aromatic heterocycles. The second-order valence-electron chi connectivity index (χ2n) is 4.46. The summed E-state index contributed by atoms with van der Waals surface area (Å²) in [5.74, 6) is -1.07. The maximum absolute atomic E-state index is 11.5. The average molecular weight is 317 g/mol. The van der Waals surface area contributed by atoms with Crippen molar-refractivity contribution in [1.29, 1.82) is 0 Å². The van der Waals surface area contributed by atoms with Gasteiger partial charge in [-0.05, 0) is 48.8 Å². The first-order chi connectivity index (χ1) is 8.19. The molecule has 0 radical (unpaired) electrons. The molecule has 0 aliphatic carbocycles. The number of pyridine rings is 1. The molecule has 1 aromatic rings. The molecule has 0 bridgehead atoms. The summed E-state index contributed by atoms with van der Waals surface area (Å²) in [6, 6.07) is 2.82. The predicted octanol–water partition coefficient (Wildman–Crippen LogP) is 2.89. The lowest BCUT2D eigenvalue weighted by molar-refractivity contribution is 0.0630. The van der Waals surface area contributed by atoms with Crippen LogP contribution in [0.15, 0.2) is 16.6 Å². The van der Waals surface area contributed by atoms with Crippen molar-refractivity contribution in [3.8, 4) is 0 Å². The summed E-state index contributed by atoms with van der Waals surface area (Å²) < 4.78 is 5.51. The van der Waals surface area contributed by atoms with Crippen molar-refractivity contribution >= 4 is 33.8 Å². The summed E-state index contributed by atoms with van der Waals surface area (Å²) in [7, 11) is 0. The van der Waals surface area contributed by atoms with Crippen LogP contribution in [0.5, 0.6) is 0 Å². The molecule has 0 aliphatic rings. The zero-order chi connectivity index (χ0) is 13.9. The molecule has 0 aromatic carbocycles. The highest BCUT2D eigenvalue weighted by molar-refractivity contribution is 9.10. The number of halogens is 1. The largest absolute Gasteiger partial charge is 0.477 e. The number of carbonyl (C=O) groups is 2. The van der Waals surface area contributed by atoms with Gasteiger partial charge in [-0.25, -0.2) is 14.6 Å². The smallest absolute Gasteiger partial charge is 0.413 e. The van der Waals surface area contributed by atoms with E-state index in [2.05, 4.69) is 26.2 Å². The highest BCUT2D eigenvalue weighted by Gasteiger charge is 2.18. The van der Waals surface area contributed by atoms with Crippen molar-refractivity contribution in [3.63, 3.8) is 0 Å². The van der Waals surface area contributed by atoms with E-state index in [9.17, 15) is 9.59 Å². The van der Waals surface area contributed by atoms with Gasteiger partial charge < -0.3 is 9.84 Å². The van der Waals surface area contributed by atoms with Crippen LogP contribution < -0.4 is 5.32 Å². The lowest BCUT2D eigenvalue weighted by atomic mass is 10.2. The molecular formula is C11H13BrN2O4. The summed E-state index contributed by atoms with van der Waals surface area (Å²) >= 11 is 3.16. The Bertz CT molecular complexity index is 482. The van der Waals surface area contributed by atoms with E-state index in [1.165, 1.54) is 12.1 Å². The molecule has 0 saturated carbocycles. The number of amides is 1. The van der Waals surface area contributed by atoms with Crippen molar-refractivity contribution < 1.29 is 19.4 Å². The van der Waals surface area contributed by atoms with Crippen LogP contribution in [-0.2, 0) is 4.74 Å². The van der Waals surface area contributed by atoms with Crippen molar-refractivity contribution in [2.45, 2.75) is 26.4 Å². The summed E-state index contributed by atoms with van der Waals surface area (Å²) in [4.78, 5) is 26.1. The number of ether oxygens (including phenoxy) is 1. The van der Waals surface area contributed by atoms with Gasteiger partial charge >= 0.3 is 12.1 Å². The molecule has 0 spiro atoms. The number of carbonyl (C=O) groups excluding carboxylic acids is 1. The van der Waals surface area contributed by atoms with E-state index in [0.717, 1.165) is 0 Å². The van der Waals surface area contributed by atoms with Gasteiger partial charge in [0, 0.05) is 0 Å². The van der Waals surface area contributed by atoms with Gasteiger partial charge in [0.25, 0.3) is 0 Å². The zero-order valence-corrected chi connectivity index (χ0v) is 11.7. The second-order valence-corrected chi connectivity index (χ2v) is 5.31. The summed E-state index contributed by atoms with van der Waals surface area (Å²) in [5.41, 5.74) is -0.801. The third-order valence-electron chi connectivity index (χ3n) is 1.68. The van der Waals surface area contributed by atoms with Crippen molar-refractivity contribution in [2.24, 2.45) is 0 Å². The number of carboxylic acids is 1. The molecule has 0 atom stereocenters. The number of hydrogen-bond donors (Lipinski definition) is 2. The molecule has 1 amide bonds. The highest BCUT2D eigenvalue weighted by atomic mass is 79.9. The fourth-order valence-electron chi connectivity index (χ4n) is 1.05. The minimum absolute atomic E-state index is 0.101. The molecule has 18 heavy (non-hydrogen) atoms. The quantitative estimate of drug-likeness (QED) is 0.875. The first-order valence-corrected chi connectivity index (χ1v) is 5.88. The Labute approximate surface area is 112 Å². The number of aromatic nitrogens is 1. The van der Waals surface area contributed by atoms with E-state index < -0.39 is 17.7 Å². The normalized spacial score (nSPS) is 10.9. The van der Waals surface area contributed by atoms with Crippen LogP contribution in [0.2, 0.25) is 0 Å². The Hall–Kier alpha value is -1.63. The molecular weight excluding hydrogens is 304 g/mol. The van der Waals surface area contributed by atoms with Crippen molar-refractivity contribution in [2.75, 3.05) is 5.32 Å². The van der Waals surface area contributed by atoms with Gasteiger partial charge in [-0.3, -0.25) is 5.32 Å². The standard InChI is InChI=1S/C11H13BrN2O4/c1-11(2,3)18-10(17)14-8-6(12)4-5-7(13-8)9(15)16/h4-5H,1-3H3,(H,15,16)(H,13,14,17). The van der Waals surface area contributed by atoms with E-state index >= 15 is 0 Å². The lowest BCUT2D eigenvalue weighted by Crippen LogP contribution is -2.27. The number of nitrogens with zero attached hydrogens (tertiary/aromatic N) is 1. The monoisotopic (exact) mass is 316 g/mol. The molecule has 98 valence electrons. The minimum atomic E-state index is -1.17. The Morgan fingerprint density at radius 1 is 1.39 bits per heavy atom. The van der Waals surface area contributed by atoms with E-state index in [0.29, 0.717) is 4.47 Å². The van der Waals surface area contributed by atoms with E-state index in [1.807, 2.05) is 0 Å². The summed E-state index contributed by atoms with van der Waals surface area (Å²) in [6.07, 6.45) is -0.696. The van der Waals surface area contributed by atoms with Crippen LogP contribution in [0, 0.1) is 0 Å². The van der Waals surface area contributed by atoms with E-state index in [1.54, 1.807) is 20.8 Å². The Balaban J connectivity index is 2.87. The van der Waals surface area contributed by atoms with Gasteiger partial charge in [-0.15, -0.1) is 0 Å². The third kappa shape index (κ3) is 4.33. The van der Waals surface area contributed by atoms with Crippen LogP contribution in [0.4, 0.5) is 10.6 Å². The number of hydrogen-bond acceptors (Lipinski definition) is 4. The van der Waals surface area contributed by atoms with Gasteiger partial charge in [-0.1, -0.05) is 0 Å². The Morgan fingerprint density at radius 3 is 2.50 bits per heavy atom. The van der Waals surface area contributed by atoms with Gasteiger partial charge in [0.05, 0.1) is 4.47 Å². The summed E-state index contributed by atoms with van der Waals surface area (Å²) in [6.45, 7) is 5.17. The predicted molar refractivity (Wildman–Crippen MR) is 68.8 cm³/mol. The van der Waals surface area contributed by atoms with Crippen LogP contribution >= 0.6 is 15.9 Å². The third-order valence-corrected chi connectivity index (χ3v) is 2.32. The SMILES string of the molecule is CC(C)(C)OC(=O)Nc1nc(C(=O)O)ccc1Br. The zero-order valence-electron chi connectivity index (χ0n) is 10.2. The van der Waals surface area contributed by atoms with Crippen LogP contribution in [0.3, 0.4) is 0 Å². The maximum Gasteiger partial charge on any atom is 0.413 e. The number of anilines is 1. The molecule has 0 unspecified atom stereocenters. The first kappa shape index (κ1) is 14.4. The number of aromatic carboxylic acids is 1. The van der Waals surface area contributed by atoms with Crippen molar-refractivity contribution in [3.05, 3.63) is 22.3 Å². The average Bonchev–Trinajstić information content (AvgIpc) is 2.18. The fraction of sp³-hybridized carbons (Fsp3) is 0.364. The molecule has 0 saturated heterocycles. The highest BCUT2D eigenvalue weighted by Crippen LogP contribution is 2.21. The van der Waals surface area contributed by atoms with Gasteiger partial charge in [0.2, 0.25) is 0 Å². The van der Waals surface area contributed by atoms with Gasteiger partial charge in [0.15, 0.2) is 11.5 Å². The number of carboxylic acid groups (broad SMARTS) is 1. The number of rotatable bonds is 2. The topological polar surface area (TPSA) is 88.5 Å². The molecule has 6 nitrogen and oxygen atoms in total. The molecule has 1 heterocycles. The summed E-state index contributed by atoms with van der Waals surface area (Å²) in [5, 5.41) is 11.2. The Morgan fingerprint density at radius 2 is 2.00 bits per heavy atom. The molecule has 0 aliphatic heterocycles. The molecule has 1 rings (SSSR count). The fourth-order valence-corrected chi connectivity index (χ4v) is 1.37. The maximum atomic E-state index is 11.5. The molecule has 7 heteroatoms. The van der Waals surface area contributed by atoms with Crippen LogP contribution in [0.25, 0.3) is 0 Å². The lowest BCUT2D eigenvalue weighted by Gasteiger charge is -2.19. The van der Waals surface area contributed by atoms with Crippen molar-refractivity contribution in [1.82, 2.24) is 4.98 Å². The Kier molecular flexibility index (Phi) is 4.28. The van der Waals surface area contributed by atoms with Crippen LogP contribution in [0.1, 0.15) is 31.3 Å². The van der Waals surface area contributed by atoms with E-state index in [4.69, 9.17) is 9.84 Å². The molecule has 2 N–H and O–H groups in total.